The summed E-state index contributed by atoms with van der Waals surface area (Å²) in [7, 11) is 0. The van der Waals surface area contributed by atoms with Crippen molar-refractivity contribution in [1.29, 1.82) is 0 Å². The zero-order valence-corrected chi connectivity index (χ0v) is 12.0. The van der Waals surface area contributed by atoms with E-state index in [9.17, 15) is 5.11 Å². The fourth-order valence-corrected chi connectivity index (χ4v) is 2.64. The van der Waals surface area contributed by atoms with Crippen LogP contribution >= 0.6 is 0 Å². The number of unbranched alkanes of at least 4 members (excludes halogenated alkanes) is 1. The maximum absolute atomic E-state index is 9.47. The van der Waals surface area contributed by atoms with Gasteiger partial charge in [0.2, 0.25) is 0 Å². The van der Waals surface area contributed by atoms with Crippen LogP contribution in [0.2, 0.25) is 0 Å². The summed E-state index contributed by atoms with van der Waals surface area (Å²) in [4.78, 5) is 0. The van der Waals surface area contributed by atoms with E-state index in [0.29, 0.717) is 17.9 Å². The average molecular weight is 263 g/mol. The fourth-order valence-electron chi connectivity index (χ4n) is 2.64. The van der Waals surface area contributed by atoms with E-state index >= 15 is 0 Å². The molecule has 0 amide bonds. The zero-order chi connectivity index (χ0) is 13.7. The minimum Gasteiger partial charge on any atom is -0.508 e. The number of ether oxygens (including phenoxy) is 1. The van der Waals surface area contributed by atoms with Crippen molar-refractivity contribution in [3.8, 4) is 5.75 Å². The SMILES string of the molecule is CC(C)OCCCCNC1CCc2cc(O)ccc21. The summed E-state index contributed by atoms with van der Waals surface area (Å²) in [6.45, 7) is 6.03. The first-order valence-corrected chi connectivity index (χ1v) is 7.33. The van der Waals surface area contributed by atoms with Crippen LogP contribution in [0.25, 0.3) is 0 Å². The summed E-state index contributed by atoms with van der Waals surface area (Å²) in [6, 6.07) is 6.20. The minimum absolute atomic E-state index is 0.336. The van der Waals surface area contributed by atoms with Crippen LogP contribution < -0.4 is 5.32 Å². The highest BCUT2D eigenvalue weighted by Gasteiger charge is 2.21. The summed E-state index contributed by atoms with van der Waals surface area (Å²) in [6.07, 6.45) is 4.80. The molecule has 0 heterocycles. The molecule has 2 N–H and O–H groups in total. The van der Waals surface area contributed by atoms with Gasteiger partial charge in [-0.2, -0.15) is 0 Å². The van der Waals surface area contributed by atoms with Crippen molar-refractivity contribution in [2.24, 2.45) is 0 Å². The Labute approximate surface area is 116 Å². The number of hydrogen-bond acceptors (Lipinski definition) is 3. The van der Waals surface area contributed by atoms with Gasteiger partial charge in [0.05, 0.1) is 6.10 Å². The Bertz CT molecular complexity index is 404. The van der Waals surface area contributed by atoms with Gasteiger partial charge in [0, 0.05) is 12.6 Å². The number of hydrogen-bond donors (Lipinski definition) is 2. The third kappa shape index (κ3) is 4.22. The van der Waals surface area contributed by atoms with E-state index in [-0.39, 0.29) is 0 Å². The van der Waals surface area contributed by atoms with Crippen molar-refractivity contribution in [3.05, 3.63) is 29.3 Å². The molecule has 1 aromatic rings. The van der Waals surface area contributed by atoms with Crippen LogP contribution in [0, 0.1) is 0 Å². The van der Waals surface area contributed by atoms with Gasteiger partial charge in [-0.15, -0.1) is 0 Å². The highest BCUT2D eigenvalue weighted by Crippen LogP contribution is 2.33. The monoisotopic (exact) mass is 263 g/mol. The van der Waals surface area contributed by atoms with Crippen LogP contribution in [0.5, 0.6) is 5.75 Å². The maximum atomic E-state index is 9.47. The second-order valence-corrected chi connectivity index (χ2v) is 5.56. The summed E-state index contributed by atoms with van der Waals surface area (Å²) >= 11 is 0. The summed E-state index contributed by atoms with van der Waals surface area (Å²) < 4.78 is 5.53. The Hall–Kier alpha value is -1.06. The van der Waals surface area contributed by atoms with E-state index in [0.717, 1.165) is 38.8 Å². The predicted molar refractivity (Wildman–Crippen MR) is 77.5 cm³/mol. The molecule has 0 aliphatic heterocycles. The van der Waals surface area contributed by atoms with Crippen LogP contribution in [0.3, 0.4) is 0 Å². The van der Waals surface area contributed by atoms with E-state index in [1.54, 1.807) is 6.07 Å². The molecule has 0 aromatic heterocycles. The second-order valence-electron chi connectivity index (χ2n) is 5.56. The molecule has 1 aromatic carbocycles. The van der Waals surface area contributed by atoms with E-state index < -0.39 is 0 Å². The predicted octanol–water partition coefficient (Wildman–Crippen LogP) is 3.17. The quantitative estimate of drug-likeness (QED) is 0.742. The van der Waals surface area contributed by atoms with Crippen molar-refractivity contribution in [2.75, 3.05) is 13.2 Å². The summed E-state index contributed by atoms with van der Waals surface area (Å²) in [5.41, 5.74) is 2.65. The average Bonchev–Trinajstić information content (AvgIpc) is 2.75. The molecule has 106 valence electrons. The first-order valence-electron chi connectivity index (χ1n) is 7.33. The first-order chi connectivity index (χ1) is 9.16. The van der Waals surface area contributed by atoms with Crippen LogP contribution in [0.15, 0.2) is 18.2 Å². The third-order valence-corrected chi connectivity index (χ3v) is 3.62. The van der Waals surface area contributed by atoms with E-state index in [4.69, 9.17) is 4.74 Å². The van der Waals surface area contributed by atoms with Gasteiger partial charge in [0.15, 0.2) is 0 Å². The van der Waals surface area contributed by atoms with Crippen molar-refractivity contribution < 1.29 is 9.84 Å². The Morgan fingerprint density at radius 1 is 1.37 bits per heavy atom. The summed E-state index contributed by atoms with van der Waals surface area (Å²) in [5.74, 6) is 0.380. The molecule has 2 rings (SSSR count). The van der Waals surface area contributed by atoms with Crippen LogP contribution in [0.1, 0.15) is 50.3 Å². The topological polar surface area (TPSA) is 41.5 Å². The van der Waals surface area contributed by atoms with Crippen LogP contribution in [-0.4, -0.2) is 24.4 Å². The Kier molecular flexibility index (Phi) is 5.23. The minimum atomic E-state index is 0.336. The highest BCUT2D eigenvalue weighted by atomic mass is 16.5. The molecule has 1 unspecified atom stereocenters. The molecule has 0 bridgehead atoms. The third-order valence-electron chi connectivity index (χ3n) is 3.62. The number of phenols is 1. The largest absolute Gasteiger partial charge is 0.508 e. The van der Waals surface area contributed by atoms with E-state index in [2.05, 4.69) is 25.2 Å². The molecule has 1 aliphatic carbocycles. The lowest BCUT2D eigenvalue weighted by molar-refractivity contribution is 0.0759. The molecule has 0 spiro atoms. The lowest BCUT2D eigenvalue weighted by Gasteiger charge is -2.14. The number of nitrogens with one attached hydrogen (secondary N) is 1. The van der Waals surface area contributed by atoms with Gasteiger partial charge in [-0.25, -0.2) is 0 Å². The Morgan fingerprint density at radius 2 is 2.21 bits per heavy atom. The van der Waals surface area contributed by atoms with E-state index in [1.165, 1.54) is 11.1 Å². The van der Waals surface area contributed by atoms with Gasteiger partial charge in [-0.1, -0.05) is 6.07 Å². The van der Waals surface area contributed by atoms with Gasteiger partial charge in [-0.05, 0) is 69.3 Å². The van der Waals surface area contributed by atoms with Gasteiger partial charge in [0.25, 0.3) is 0 Å². The molecule has 19 heavy (non-hydrogen) atoms. The van der Waals surface area contributed by atoms with Crippen LogP contribution in [0.4, 0.5) is 0 Å². The maximum Gasteiger partial charge on any atom is 0.115 e. The first kappa shape index (κ1) is 14.4. The number of aryl methyl sites for hydroxylation is 1. The van der Waals surface area contributed by atoms with Gasteiger partial charge in [-0.3, -0.25) is 0 Å². The normalized spacial score (nSPS) is 17.9. The molecule has 0 saturated heterocycles. The second kappa shape index (κ2) is 6.92. The molecule has 1 aliphatic rings. The van der Waals surface area contributed by atoms with Crippen molar-refractivity contribution in [1.82, 2.24) is 5.32 Å². The van der Waals surface area contributed by atoms with Crippen molar-refractivity contribution >= 4 is 0 Å². The number of benzene rings is 1. The highest BCUT2D eigenvalue weighted by molar-refractivity contribution is 5.39. The molecular formula is C16H25NO2. The standard InChI is InChI=1S/C16H25NO2/c1-12(2)19-10-4-3-9-17-16-8-5-13-11-14(18)6-7-15(13)16/h6-7,11-12,16-18H,3-5,8-10H2,1-2H3. The number of rotatable bonds is 7. The number of aromatic hydroxyl groups is 1. The molecule has 0 radical (unpaired) electrons. The fraction of sp³-hybridized carbons (Fsp3) is 0.625. The number of phenolic OH excluding ortho intramolecular Hbond substituents is 1. The zero-order valence-electron chi connectivity index (χ0n) is 12.0. The molecule has 3 nitrogen and oxygen atoms in total. The molecule has 3 heteroatoms. The van der Waals surface area contributed by atoms with Gasteiger partial charge < -0.3 is 15.2 Å². The molecular weight excluding hydrogens is 238 g/mol. The molecule has 0 fully saturated rings. The van der Waals surface area contributed by atoms with Gasteiger partial charge >= 0.3 is 0 Å². The smallest absolute Gasteiger partial charge is 0.115 e. The molecule has 0 saturated carbocycles. The lowest BCUT2D eigenvalue weighted by Crippen LogP contribution is -2.20. The summed E-state index contributed by atoms with van der Waals surface area (Å²) in [5, 5.41) is 13.1. The Balaban J connectivity index is 1.69. The van der Waals surface area contributed by atoms with Crippen molar-refractivity contribution in [3.63, 3.8) is 0 Å². The van der Waals surface area contributed by atoms with Crippen molar-refractivity contribution in [2.45, 2.75) is 51.7 Å². The lowest BCUT2D eigenvalue weighted by atomic mass is 10.1. The van der Waals surface area contributed by atoms with Crippen LogP contribution in [-0.2, 0) is 11.2 Å². The van der Waals surface area contributed by atoms with E-state index in [1.807, 2.05) is 6.07 Å². The molecule has 1 atom stereocenters. The Morgan fingerprint density at radius 3 is 3.00 bits per heavy atom. The van der Waals surface area contributed by atoms with Gasteiger partial charge in [0.1, 0.15) is 5.75 Å². The number of fused-ring (bicyclic) bond motifs is 1.